The summed E-state index contributed by atoms with van der Waals surface area (Å²) in [5.74, 6) is 1.50. The second kappa shape index (κ2) is 11.0. The number of carbonyl (C=O) groups is 1. The van der Waals surface area contributed by atoms with E-state index < -0.39 is 0 Å². The number of benzene rings is 2. The summed E-state index contributed by atoms with van der Waals surface area (Å²) < 4.78 is 11.3. The monoisotopic (exact) mass is 436 g/mol. The predicted octanol–water partition coefficient (Wildman–Crippen LogP) is 5.55. The van der Waals surface area contributed by atoms with Gasteiger partial charge in [0.1, 0.15) is 12.4 Å². The summed E-state index contributed by atoms with van der Waals surface area (Å²) in [6.07, 6.45) is 3.69. The second-order valence-corrected chi connectivity index (χ2v) is 8.63. The lowest BCUT2D eigenvalue weighted by Gasteiger charge is -2.31. The smallest absolute Gasteiger partial charge is 0.410 e. The fourth-order valence-electron chi connectivity index (χ4n) is 3.82. The molecule has 0 N–H and O–H groups in total. The van der Waals surface area contributed by atoms with Gasteiger partial charge in [-0.2, -0.15) is 0 Å². The molecule has 0 aliphatic carbocycles. The van der Waals surface area contributed by atoms with Crippen LogP contribution in [0.3, 0.4) is 0 Å². The molecule has 2 aromatic carbocycles. The van der Waals surface area contributed by atoms with Gasteiger partial charge in [0.15, 0.2) is 0 Å². The first kappa shape index (κ1) is 21.4. The van der Waals surface area contributed by atoms with E-state index in [0.29, 0.717) is 12.5 Å². The van der Waals surface area contributed by atoms with Gasteiger partial charge in [-0.3, -0.25) is 0 Å². The first-order valence-electron chi connectivity index (χ1n) is 10.8. The van der Waals surface area contributed by atoms with Gasteiger partial charge in [-0.05, 0) is 54.9 Å². The number of rotatable bonds is 8. The van der Waals surface area contributed by atoms with Crippen molar-refractivity contribution in [2.45, 2.75) is 32.3 Å². The number of piperidine rings is 1. The molecule has 6 heteroatoms. The first-order valence-corrected chi connectivity index (χ1v) is 11.7. The highest BCUT2D eigenvalue weighted by Crippen LogP contribution is 2.22. The molecule has 1 aliphatic rings. The second-order valence-electron chi connectivity index (χ2n) is 7.91. The minimum absolute atomic E-state index is 0.238. The van der Waals surface area contributed by atoms with Crippen molar-refractivity contribution < 1.29 is 14.3 Å². The van der Waals surface area contributed by atoms with Gasteiger partial charge in [-0.1, -0.05) is 42.5 Å². The zero-order valence-corrected chi connectivity index (χ0v) is 18.4. The van der Waals surface area contributed by atoms with E-state index in [-0.39, 0.29) is 12.7 Å². The van der Waals surface area contributed by atoms with E-state index in [1.54, 1.807) is 10.4 Å². The van der Waals surface area contributed by atoms with E-state index in [1.807, 2.05) is 11.4 Å². The average Bonchev–Trinajstić information content (AvgIpc) is 3.34. The summed E-state index contributed by atoms with van der Waals surface area (Å²) in [6.45, 7) is 2.45. The zero-order chi connectivity index (χ0) is 21.3. The van der Waals surface area contributed by atoms with Crippen LogP contribution in [0, 0.1) is 5.92 Å². The molecule has 162 valence electrons. The molecule has 3 aromatic rings. The van der Waals surface area contributed by atoms with Crippen molar-refractivity contribution >= 4 is 17.4 Å². The molecule has 31 heavy (non-hydrogen) atoms. The molecule has 1 fully saturated rings. The minimum atomic E-state index is -0.238. The molecule has 1 aliphatic heterocycles. The van der Waals surface area contributed by atoms with Crippen molar-refractivity contribution in [3.05, 3.63) is 82.3 Å². The number of amides is 1. The molecule has 1 amide bonds. The Labute approximate surface area is 187 Å². The average molecular weight is 437 g/mol. The van der Waals surface area contributed by atoms with Crippen molar-refractivity contribution in [1.29, 1.82) is 0 Å². The van der Waals surface area contributed by atoms with Crippen LogP contribution in [0.25, 0.3) is 0 Å². The molecule has 0 unspecified atom stereocenters. The molecule has 5 nitrogen and oxygen atoms in total. The third-order valence-corrected chi connectivity index (χ3v) is 6.30. The number of likely N-dealkylation sites (tertiary alicyclic amines) is 1. The summed E-state index contributed by atoms with van der Waals surface area (Å²) in [6, 6.07) is 18.9. The number of hydrogen-bond donors (Lipinski definition) is 0. The van der Waals surface area contributed by atoms with Crippen molar-refractivity contribution in [3.8, 4) is 5.75 Å². The molecular formula is C25H28N2O3S. The number of ether oxygens (including phenoxy) is 2. The summed E-state index contributed by atoms with van der Waals surface area (Å²) in [5, 5.41) is 1.90. The SMILES string of the molecule is O=C(OCc1cscn1)N1CCC(CCOc2ccc(Cc3ccccc3)cc2)CC1. The lowest BCUT2D eigenvalue weighted by Crippen LogP contribution is -2.39. The van der Waals surface area contributed by atoms with Gasteiger partial charge >= 0.3 is 6.09 Å². The molecule has 0 atom stereocenters. The molecule has 0 bridgehead atoms. The highest BCUT2D eigenvalue weighted by atomic mass is 32.1. The molecule has 1 saturated heterocycles. The van der Waals surface area contributed by atoms with E-state index >= 15 is 0 Å². The van der Waals surface area contributed by atoms with Gasteiger partial charge in [-0.15, -0.1) is 11.3 Å². The van der Waals surface area contributed by atoms with Gasteiger partial charge in [0.25, 0.3) is 0 Å². The third-order valence-electron chi connectivity index (χ3n) is 5.67. The van der Waals surface area contributed by atoms with Gasteiger partial charge in [0.05, 0.1) is 17.8 Å². The Morgan fingerprint density at radius 2 is 1.77 bits per heavy atom. The maximum atomic E-state index is 12.2. The molecule has 2 heterocycles. The Morgan fingerprint density at radius 3 is 2.48 bits per heavy atom. The van der Waals surface area contributed by atoms with Crippen LogP contribution in [-0.2, 0) is 17.8 Å². The fraction of sp³-hybridized carbons (Fsp3) is 0.360. The number of nitrogens with zero attached hydrogens (tertiary/aromatic N) is 2. The first-order chi connectivity index (χ1) is 15.3. The Kier molecular flexibility index (Phi) is 7.56. The Morgan fingerprint density at radius 1 is 1.03 bits per heavy atom. The molecule has 1 aromatic heterocycles. The van der Waals surface area contributed by atoms with Crippen LogP contribution in [0.5, 0.6) is 5.75 Å². The highest BCUT2D eigenvalue weighted by Gasteiger charge is 2.23. The Hall–Kier alpha value is -2.86. The maximum absolute atomic E-state index is 12.2. The lowest BCUT2D eigenvalue weighted by atomic mass is 9.94. The van der Waals surface area contributed by atoms with E-state index in [2.05, 4.69) is 53.5 Å². The number of hydrogen-bond acceptors (Lipinski definition) is 5. The molecule has 4 rings (SSSR count). The normalized spacial score (nSPS) is 14.4. The Bertz CT molecular complexity index is 921. The maximum Gasteiger partial charge on any atom is 0.410 e. The molecular weight excluding hydrogens is 408 g/mol. The largest absolute Gasteiger partial charge is 0.494 e. The topological polar surface area (TPSA) is 51.7 Å². The van der Waals surface area contributed by atoms with E-state index in [0.717, 1.165) is 50.2 Å². The number of carbonyl (C=O) groups excluding carboxylic acids is 1. The summed E-state index contributed by atoms with van der Waals surface area (Å²) in [7, 11) is 0. The number of thiazole rings is 1. The van der Waals surface area contributed by atoms with Crippen LogP contribution in [0.1, 0.15) is 36.1 Å². The predicted molar refractivity (Wildman–Crippen MR) is 122 cm³/mol. The van der Waals surface area contributed by atoms with Gasteiger partial charge in [0.2, 0.25) is 0 Å². The van der Waals surface area contributed by atoms with Gasteiger partial charge in [0, 0.05) is 18.5 Å². The van der Waals surface area contributed by atoms with Gasteiger partial charge < -0.3 is 14.4 Å². The van der Waals surface area contributed by atoms with Crippen molar-refractivity contribution in [2.75, 3.05) is 19.7 Å². The standard InChI is InChI=1S/C25H28N2O3S/c28-25(30-17-23-18-31-19-26-23)27-13-10-20(11-14-27)12-15-29-24-8-6-22(7-9-24)16-21-4-2-1-3-5-21/h1-9,18-20H,10-17H2. The molecule has 0 spiro atoms. The van der Waals surface area contributed by atoms with Crippen LogP contribution >= 0.6 is 11.3 Å². The van der Waals surface area contributed by atoms with Crippen LogP contribution < -0.4 is 4.74 Å². The minimum Gasteiger partial charge on any atom is -0.494 e. The molecule has 0 radical (unpaired) electrons. The Balaban J connectivity index is 1.13. The zero-order valence-electron chi connectivity index (χ0n) is 17.6. The highest BCUT2D eigenvalue weighted by molar-refractivity contribution is 7.07. The fourth-order valence-corrected chi connectivity index (χ4v) is 4.36. The van der Waals surface area contributed by atoms with E-state index in [1.165, 1.54) is 22.5 Å². The van der Waals surface area contributed by atoms with Crippen LogP contribution in [0.4, 0.5) is 4.79 Å². The summed E-state index contributed by atoms with van der Waals surface area (Å²) in [5.41, 5.74) is 5.15. The van der Waals surface area contributed by atoms with Crippen LogP contribution in [-0.4, -0.2) is 35.7 Å². The summed E-state index contributed by atoms with van der Waals surface area (Å²) in [4.78, 5) is 18.1. The summed E-state index contributed by atoms with van der Waals surface area (Å²) >= 11 is 1.51. The third kappa shape index (κ3) is 6.56. The van der Waals surface area contributed by atoms with E-state index in [9.17, 15) is 4.79 Å². The van der Waals surface area contributed by atoms with Gasteiger partial charge in [-0.25, -0.2) is 9.78 Å². The number of aromatic nitrogens is 1. The quantitative estimate of drug-likeness (QED) is 0.464. The van der Waals surface area contributed by atoms with E-state index in [4.69, 9.17) is 9.47 Å². The van der Waals surface area contributed by atoms with Crippen LogP contribution in [0.2, 0.25) is 0 Å². The van der Waals surface area contributed by atoms with Crippen molar-refractivity contribution in [1.82, 2.24) is 9.88 Å². The lowest BCUT2D eigenvalue weighted by molar-refractivity contribution is 0.0792. The van der Waals surface area contributed by atoms with Crippen LogP contribution in [0.15, 0.2) is 65.5 Å². The van der Waals surface area contributed by atoms with Crippen molar-refractivity contribution in [2.24, 2.45) is 5.92 Å². The molecule has 0 saturated carbocycles. The van der Waals surface area contributed by atoms with Crippen molar-refractivity contribution in [3.63, 3.8) is 0 Å².